The summed E-state index contributed by atoms with van der Waals surface area (Å²) in [6.07, 6.45) is 1.19. The van der Waals surface area contributed by atoms with Gasteiger partial charge in [0.1, 0.15) is 13.2 Å². The molecular weight excluding hydrogens is 256 g/mol. The van der Waals surface area contributed by atoms with Crippen molar-refractivity contribution in [3.05, 3.63) is 23.8 Å². The Morgan fingerprint density at radius 3 is 2.80 bits per heavy atom. The summed E-state index contributed by atoms with van der Waals surface area (Å²) in [6.45, 7) is 3.86. The van der Waals surface area contributed by atoms with Gasteiger partial charge in [-0.2, -0.15) is 0 Å². The molecule has 20 heavy (non-hydrogen) atoms. The molecular formula is C15H22N2O3. The zero-order chi connectivity index (χ0) is 14.4. The average Bonchev–Trinajstić information content (AvgIpc) is 2.50. The van der Waals surface area contributed by atoms with Gasteiger partial charge in [-0.05, 0) is 38.1 Å². The first-order valence-corrected chi connectivity index (χ1v) is 7.01. The van der Waals surface area contributed by atoms with Gasteiger partial charge in [0.15, 0.2) is 11.5 Å². The van der Waals surface area contributed by atoms with Crippen LogP contribution in [0, 0.1) is 0 Å². The van der Waals surface area contributed by atoms with E-state index in [1.54, 1.807) is 0 Å². The number of carbonyl (C=O) groups excluding carboxylic acids is 1. The van der Waals surface area contributed by atoms with Crippen LogP contribution in [0.25, 0.3) is 0 Å². The van der Waals surface area contributed by atoms with E-state index >= 15 is 0 Å². The Kier molecular flexibility index (Phi) is 5.24. The molecule has 0 saturated heterocycles. The maximum absolute atomic E-state index is 11.7. The number of fused-ring (bicyclic) bond motifs is 1. The summed E-state index contributed by atoms with van der Waals surface area (Å²) >= 11 is 0. The molecule has 0 aromatic heterocycles. The number of benzene rings is 1. The summed E-state index contributed by atoms with van der Waals surface area (Å²) < 4.78 is 11.0. The van der Waals surface area contributed by atoms with E-state index in [2.05, 4.69) is 10.6 Å². The number of aryl methyl sites for hydroxylation is 1. The number of rotatable bonds is 6. The van der Waals surface area contributed by atoms with Gasteiger partial charge in [0.2, 0.25) is 5.91 Å². The molecule has 1 atom stereocenters. The number of carbonyl (C=O) groups is 1. The molecule has 5 heteroatoms. The molecule has 1 aromatic rings. The number of likely N-dealkylation sites (N-methyl/N-ethyl adjacent to an activating group) is 1. The lowest BCUT2D eigenvalue weighted by Crippen LogP contribution is -2.37. The Balaban J connectivity index is 1.80. The van der Waals surface area contributed by atoms with E-state index in [4.69, 9.17) is 9.47 Å². The molecule has 1 unspecified atom stereocenters. The number of hydrogen-bond acceptors (Lipinski definition) is 4. The summed E-state index contributed by atoms with van der Waals surface area (Å²) in [7, 11) is 1.88. The van der Waals surface area contributed by atoms with Crippen molar-refractivity contribution in [2.45, 2.75) is 25.8 Å². The number of nitrogens with one attached hydrogen (secondary N) is 2. The second-order valence-corrected chi connectivity index (χ2v) is 4.97. The van der Waals surface area contributed by atoms with E-state index in [1.165, 1.54) is 0 Å². The van der Waals surface area contributed by atoms with Crippen LogP contribution in [0.1, 0.15) is 18.9 Å². The summed E-state index contributed by atoms with van der Waals surface area (Å²) in [5.74, 6) is 1.63. The third-order valence-electron chi connectivity index (χ3n) is 3.35. The van der Waals surface area contributed by atoms with Crippen molar-refractivity contribution in [3.8, 4) is 11.5 Å². The van der Waals surface area contributed by atoms with Gasteiger partial charge in [-0.1, -0.05) is 6.07 Å². The van der Waals surface area contributed by atoms with E-state index in [9.17, 15) is 4.79 Å². The van der Waals surface area contributed by atoms with Gasteiger partial charge < -0.3 is 20.1 Å². The Morgan fingerprint density at radius 2 is 2.05 bits per heavy atom. The lowest BCUT2D eigenvalue weighted by Gasteiger charge is -2.18. The SMILES string of the molecule is CNC(C)CNC(=O)CCc1ccc2c(c1)OCCO2. The number of ether oxygens (including phenoxy) is 2. The van der Waals surface area contributed by atoms with Crippen LogP contribution in [0.2, 0.25) is 0 Å². The molecule has 0 fully saturated rings. The highest BCUT2D eigenvalue weighted by Gasteiger charge is 2.12. The second kappa shape index (κ2) is 7.14. The lowest BCUT2D eigenvalue weighted by molar-refractivity contribution is -0.121. The molecule has 0 saturated carbocycles. The summed E-state index contributed by atoms with van der Waals surface area (Å²) in [4.78, 5) is 11.7. The van der Waals surface area contributed by atoms with E-state index < -0.39 is 0 Å². The van der Waals surface area contributed by atoms with Crippen molar-refractivity contribution in [1.82, 2.24) is 10.6 Å². The van der Waals surface area contributed by atoms with Crippen molar-refractivity contribution in [2.75, 3.05) is 26.8 Å². The zero-order valence-electron chi connectivity index (χ0n) is 12.1. The topological polar surface area (TPSA) is 59.6 Å². The predicted octanol–water partition coefficient (Wildman–Crippen LogP) is 1.11. The van der Waals surface area contributed by atoms with Crippen molar-refractivity contribution in [1.29, 1.82) is 0 Å². The lowest BCUT2D eigenvalue weighted by atomic mass is 10.1. The van der Waals surface area contributed by atoms with Crippen molar-refractivity contribution in [2.24, 2.45) is 0 Å². The minimum absolute atomic E-state index is 0.0713. The zero-order valence-corrected chi connectivity index (χ0v) is 12.1. The van der Waals surface area contributed by atoms with Crippen LogP contribution in [0.5, 0.6) is 11.5 Å². The van der Waals surface area contributed by atoms with Crippen LogP contribution < -0.4 is 20.1 Å². The minimum atomic E-state index is 0.0713. The van der Waals surface area contributed by atoms with E-state index in [1.807, 2.05) is 32.2 Å². The van der Waals surface area contributed by atoms with Gasteiger partial charge in [-0.25, -0.2) is 0 Å². The van der Waals surface area contributed by atoms with Gasteiger partial charge in [0, 0.05) is 19.0 Å². The summed E-state index contributed by atoms with van der Waals surface area (Å²) in [5.41, 5.74) is 1.09. The predicted molar refractivity (Wildman–Crippen MR) is 77.3 cm³/mol. The van der Waals surface area contributed by atoms with Crippen molar-refractivity contribution in [3.63, 3.8) is 0 Å². The molecule has 1 aliphatic heterocycles. The van der Waals surface area contributed by atoms with Gasteiger partial charge >= 0.3 is 0 Å². The van der Waals surface area contributed by atoms with Crippen LogP contribution in [0.15, 0.2) is 18.2 Å². The fourth-order valence-electron chi connectivity index (χ4n) is 1.96. The minimum Gasteiger partial charge on any atom is -0.486 e. The highest BCUT2D eigenvalue weighted by atomic mass is 16.6. The number of amides is 1. The largest absolute Gasteiger partial charge is 0.486 e. The molecule has 0 radical (unpaired) electrons. The molecule has 0 bridgehead atoms. The van der Waals surface area contributed by atoms with Gasteiger partial charge in [-0.3, -0.25) is 4.79 Å². The molecule has 1 heterocycles. The van der Waals surface area contributed by atoms with Gasteiger partial charge in [0.25, 0.3) is 0 Å². The first-order valence-electron chi connectivity index (χ1n) is 7.01. The Morgan fingerprint density at radius 1 is 1.30 bits per heavy atom. The van der Waals surface area contributed by atoms with E-state index in [-0.39, 0.29) is 11.9 Å². The van der Waals surface area contributed by atoms with Crippen LogP contribution in [0.4, 0.5) is 0 Å². The molecule has 5 nitrogen and oxygen atoms in total. The normalized spacial score (nSPS) is 14.7. The Labute approximate surface area is 119 Å². The molecule has 1 aromatic carbocycles. The van der Waals surface area contributed by atoms with Crippen molar-refractivity contribution < 1.29 is 14.3 Å². The summed E-state index contributed by atoms with van der Waals surface area (Å²) in [5, 5.41) is 5.99. The monoisotopic (exact) mass is 278 g/mol. The van der Waals surface area contributed by atoms with E-state index in [0.717, 1.165) is 17.1 Å². The molecule has 0 aliphatic carbocycles. The fraction of sp³-hybridized carbons (Fsp3) is 0.533. The molecule has 110 valence electrons. The van der Waals surface area contributed by atoms with Gasteiger partial charge in [-0.15, -0.1) is 0 Å². The van der Waals surface area contributed by atoms with Gasteiger partial charge in [0.05, 0.1) is 0 Å². The molecule has 2 rings (SSSR count). The molecule has 2 N–H and O–H groups in total. The highest BCUT2D eigenvalue weighted by Crippen LogP contribution is 2.30. The van der Waals surface area contributed by atoms with Crippen LogP contribution in [-0.4, -0.2) is 38.8 Å². The van der Waals surface area contributed by atoms with Crippen LogP contribution in [-0.2, 0) is 11.2 Å². The van der Waals surface area contributed by atoms with Crippen LogP contribution >= 0.6 is 0 Å². The standard InChI is InChI=1S/C15H22N2O3/c1-11(16-2)10-17-15(18)6-4-12-3-5-13-14(9-12)20-8-7-19-13/h3,5,9,11,16H,4,6-8,10H2,1-2H3,(H,17,18). The smallest absolute Gasteiger partial charge is 0.220 e. The third kappa shape index (κ3) is 4.13. The number of hydrogen-bond donors (Lipinski definition) is 2. The molecule has 1 aliphatic rings. The first-order chi connectivity index (χ1) is 9.69. The fourth-order valence-corrected chi connectivity index (χ4v) is 1.96. The maximum Gasteiger partial charge on any atom is 0.220 e. The van der Waals surface area contributed by atoms with E-state index in [0.29, 0.717) is 32.6 Å². The highest BCUT2D eigenvalue weighted by molar-refractivity contribution is 5.76. The Hall–Kier alpha value is -1.75. The second-order valence-electron chi connectivity index (χ2n) is 4.97. The quantitative estimate of drug-likeness (QED) is 0.818. The maximum atomic E-state index is 11.7. The molecule has 0 spiro atoms. The average molecular weight is 278 g/mol. The van der Waals surface area contributed by atoms with Crippen LogP contribution in [0.3, 0.4) is 0 Å². The Bertz CT molecular complexity index is 462. The first kappa shape index (κ1) is 14.7. The summed E-state index contributed by atoms with van der Waals surface area (Å²) in [6, 6.07) is 6.13. The third-order valence-corrected chi connectivity index (χ3v) is 3.35. The molecule has 1 amide bonds. The van der Waals surface area contributed by atoms with Crippen molar-refractivity contribution >= 4 is 5.91 Å².